The van der Waals surface area contributed by atoms with E-state index in [4.69, 9.17) is 9.47 Å². The monoisotopic (exact) mass is 266 g/mol. The van der Waals surface area contributed by atoms with E-state index in [9.17, 15) is 10.1 Å². The molecule has 1 aromatic carbocycles. The molecule has 0 saturated carbocycles. The second-order valence-electron chi connectivity index (χ2n) is 4.83. The van der Waals surface area contributed by atoms with Gasteiger partial charge in [0.15, 0.2) is 5.75 Å². The van der Waals surface area contributed by atoms with Gasteiger partial charge in [0.2, 0.25) is 0 Å². The second kappa shape index (κ2) is 5.44. The Morgan fingerprint density at radius 3 is 2.95 bits per heavy atom. The first-order chi connectivity index (χ1) is 9.06. The van der Waals surface area contributed by atoms with Crippen LogP contribution in [0, 0.1) is 10.1 Å². The molecule has 6 nitrogen and oxygen atoms in total. The van der Waals surface area contributed by atoms with Gasteiger partial charge in [0.05, 0.1) is 23.7 Å². The van der Waals surface area contributed by atoms with Crippen LogP contribution < -0.4 is 10.1 Å². The summed E-state index contributed by atoms with van der Waals surface area (Å²) in [7, 11) is 0. The number of ether oxygens (including phenoxy) is 2. The average molecular weight is 266 g/mol. The molecule has 0 amide bonds. The minimum atomic E-state index is -0.410. The zero-order chi connectivity index (χ0) is 13.9. The van der Waals surface area contributed by atoms with Gasteiger partial charge in [-0.3, -0.25) is 10.1 Å². The van der Waals surface area contributed by atoms with Crippen LogP contribution in [0.5, 0.6) is 5.75 Å². The van der Waals surface area contributed by atoms with Crippen LogP contribution in [0.2, 0.25) is 0 Å². The van der Waals surface area contributed by atoms with Crippen LogP contribution in [0.25, 0.3) is 0 Å². The van der Waals surface area contributed by atoms with Crippen molar-refractivity contribution in [1.29, 1.82) is 0 Å². The number of hydrogen-bond acceptors (Lipinski definition) is 5. The molecule has 1 aliphatic rings. The van der Waals surface area contributed by atoms with Crippen molar-refractivity contribution < 1.29 is 14.4 Å². The average Bonchev–Trinajstić information content (AvgIpc) is 2.76. The van der Waals surface area contributed by atoms with E-state index in [-0.39, 0.29) is 11.2 Å². The summed E-state index contributed by atoms with van der Waals surface area (Å²) >= 11 is 0. The van der Waals surface area contributed by atoms with Crippen molar-refractivity contribution >= 4 is 11.4 Å². The Morgan fingerprint density at radius 2 is 2.37 bits per heavy atom. The highest BCUT2D eigenvalue weighted by Crippen LogP contribution is 2.37. The van der Waals surface area contributed by atoms with Crippen molar-refractivity contribution in [3.63, 3.8) is 0 Å². The first-order valence-electron chi connectivity index (χ1n) is 6.32. The number of benzene rings is 1. The normalized spacial score (nSPS) is 22.2. The Labute approximate surface area is 111 Å². The first kappa shape index (κ1) is 13.6. The number of anilines is 1. The Kier molecular flexibility index (Phi) is 3.90. The molecular weight excluding hydrogens is 248 g/mol. The topological polar surface area (TPSA) is 73.6 Å². The van der Waals surface area contributed by atoms with Crippen LogP contribution >= 0.6 is 0 Å². The van der Waals surface area contributed by atoms with E-state index in [1.165, 1.54) is 0 Å². The van der Waals surface area contributed by atoms with Crippen molar-refractivity contribution in [3.8, 4) is 5.75 Å². The Morgan fingerprint density at radius 1 is 1.58 bits per heavy atom. The standard InChI is InChI=1S/C13H18N2O4/c1-3-19-11-6-4-5-10(12(11)15(16)17)14-13(2)7-8-18-9-13/h4-6,14H,3,7-9H2,1-2H3. The molecule has 1 aromatic rings. The summed E-state index contributed by atoms with van der Waals surface area (Å²) in [5.74, 6) is 0.292. The van der Waals surface area contributed by atoms with Gasteiger partial charge in [-0.05, 0) is 32.4 Å². The quantitative estimate of drug-likeness (QED) is 0.655. The molecule has 1 unspecified atom stereocenters. The van der Waals surface area contributed by atoms with Crippen LogP contribution in [0.3, 0.4) is 0 Å². The summed E-state index contributed by atoms with van der Waals surface area (Å²) in [5, 5.41) is 14.5. The molecule has 0 aromatic heterocycles. The smallest absolute Gasteiger partial charge is 0.333 e. The third kappa shape index (κ3) is 2.96. The lowest BCUT2D eigenvalue weighted by Gasteiger charge is -2.25. The first-order valence-corrected chi connectivity index (χ1v) is 6.32. The fraction of sp³-hybridized carbons (Fsp3) is 0.538. The minimum Gasteiger partial charge on any atom is -0.487 e. The maximum atomic E-state index is 11.2. The highest BCUT2D eigenvalue weighted by molar-refractivity contribution is 5.69. The van der Waals surface area contributed by atoms with E-state index in [0.717, 1.165) is 6.42 Å². The van der Waals surface area contributed by atoms with Crippen LogP contribution in [0.15, 0.2) is 18.2 Å². The molecule has 1 fully saturated rings. The zero-order valence-electron chi connectivity index (χ0n) is 11.1. The highest BCUT2D eigenvalue weighted by Gasteiger charge is 2.32. The van der Waals surface area contributed by atoms with Gasteiger partial charge in [-0.1, -0.05) is 6.07 Å². The summed E-state index contributed by atoms with van der Waals surface area (Å²) in [4.78, 5) is 10.8. The molecule has 19 heavy (non-hydrogen) atoms. The van der Waals surface area contributed by atoms with E-state index < -0.39 is 4.92 Å². The molecule has 1 aliphatic heterocycles. The maximum absolute atomic E-state index is 11.2. The van der Waals surface area contributed by atoms with Crippen molar-refractivity contribution in [1.82, 2.24) is 0 Å². The highest BCUT2D eigenvalue weighted by atomic mass is 16.6. The van der Waals surface area contributed by atoms with Gasteiger partial charge < -0.3 is 14.8 Å². The third-order valence-electron chi connectivity index (χ3n) is 3.14. The minimum absolute atomic E-state index is 0.0162. The van der Waals surface area contributed by atoms with Gasteiger partial charge in [-0.15, -0.1) is 0 Å². The summed E-state index contributed by atoms with van der Waals surface area (Å²) in [6, 6.07) is 5.06. The van der Waals surface area contributed by atoms with Crippen LogP contribution in [-0.4, -0.2) is 30.3 Å². The van der Waals surface area contributed by atoms with E-state index in [2.05, 4.69) is 5.32 Å². The fourth-order valence-corrected chi connectivity index (χ4v) is 2.17. The lowest BCUT2D eigenvalue weighted by Crippen LogP contribution is -2.35. The SMILES string of the molecule is CCOc1cccc(NC2(C)CCOC2)c1[N+](=O)[O-]. The maximum Gasteiger partial charge on any atom is 0.333 e. The molecule has 1 heterocycles. The van der Waals surface area contributed by atoms with E-state index in [0.29, 0.717) is 31.3 Å². The lowest BCUT2D eigenvalue weighted by molar-refractivity contribution is -0.385. The molecule has 1 atom stereocenters. The summed E-state index contributed by atoms with van der Waals surface area (Å²) in [5.41, 5.74) is 0.191. The number of hydrogen-bond donors (Lipinski definition) is 1. The van der Waals surface area contributed by atoms with Gasteiger partial charge >= 0.3 is 5.69 Å². The Balaban J connectivity index is 2.33. The molecule has 1 N–H and O–H groups in total. The summed E-state index contributed by atoms with van der Waals surface area (Å²) in [6.45, 7) is 5.41. The van der Waals surface area contributed by atoms with Crippen molar-refractivity contribution in [3.05, 3.63) is 28.3 Å². The van der Waals surface area contributed by atoms with Gasteiger partial charge in [0.25, 0.3) is 0 Å². The molecule has 2 rings (SSSR count). The van der Waals surface area contributed by atoms with Crippen LogP contribution in [0.1, 0.15) is 20.3 Å². The molecule has 6 heteroatoms. The van der Waals surface area contributed by atoms with Gasteiger partial charge in [-0.2, -0.15) is 0 Å². The van der Waals surface area contributed by atoms with Gasteiger partial charge in [0, 0.05) is 6.61 Å². The zero-order valence-corrected chi connectivity index (χ0v) is 11.1. The second-order valence-corrected chi connectivity index (χ2v) is 4.83. The van der Waals surface area contributed by atoms with Crippen molar-refractivity contribution in [2.24, 2.45) is 0 Å². The van der Waals surface area contributed by atoms with Crippen molar-refractivity contribution in [2.45, 2.75) is 25.8 Å². The summed E-state index contributed by atoms with van der Waals surface area (Å²) in [6.07, 6.45) is 0.822. The molecular formula is C13H18N2O4. The van der Waals surface area contributed by atoms with E-state index >= 15 is 0 Å². The molecule has 0 spiro atoms. The predicted octanol–water partition coefficient (Wildman–Crippen LogP) is 2.58. The number of nitro groups is 1. The summed E-state index contributed by atoms with van der Waals surface area (Å²) < 4.78 is 10.7. The van der Waals surface area contributed by atoms with E-state index in [1.807, 2.05) is 6.92 Å². The molecule has 0 bridgehead atoms. The molecule has 0 radical (unpaired) electrons. The Hall–Kier alpha value is -1.82. The molecule has 0 aliphatic carbocycles. The lowest BCUT2D eigenvalue weighted by atomic mass is 10.0. The number of para-hydroxylation sites is 1. The van der Waals surface area contributed by atoms with Gasteiger partial charge in [0.1, 0.15) is 5.69 Å². The largest absolute Gasteiger partial charge is 0.487 e. The number of nitrogens with zero attached hydrogens (tertiary/aromatic N) is 1. The number of nitro benzene ring substituents is 1. The number of rotatable bonds is 5. The fourth-order valence-electron chi connectivity index (χ4n) is 2.17. The molecule has 1 saturated heterocycles. The number of nitrogens with one attached hydrogen (secondary N) is 1. The molecule has 104 valence electrons. The van der Waals surface area contributed by atoms with Crippen LogP contribution in [-0.2, 0) is 4.74 Å². The Bertz CT molecular complexity index is 470. The third-order valence-corrected chi connectivity index (χ3v) is 3.14. The van der Waals surface area contributed by atoms with Gasteiger partial charge in [-0.25, -0.2) is 0 Å². The van der Waals surface area contributed by atoms with Crippen LogP contribution in [0.4, 0.5) is 11.4 Å². The predicted molar refractivity (Wildman–Crippen MR) is 71.7 cm³/mol. The van der Waals surface area contributed by atoms with Crippen molar-refractivity contribution in [2.75, 3.05) is 25.1 Å². The van der Waals surface area contributed by atoms with E-state index in [1.54, 1.807) is 25.1 Å².